The van der Waals surface area contributed by atoms with Crippen LogP contribution in [0.15, 0.2) is 0 Å². The third-order valence-corrected chi connectivity index (χ3v) is 2.44. The lowest BCUT2D eigenvalue weighted by molar-refractivity contribution is -0.129. The molecule has 1 rings (SSSR count). The van der Waals surface area contributed by atoms with E-state index in [0.717, 1.165) is 0 Å². The highest BCUT2D eigenvalue weighted by molar-refractivity contribution is 6.60. The molecule has 76 valence electrons. The molecule has 1 aliphatic heterocycles. The average molecular weight is 194 g/mol. The van der Waals surface area contributed by atoms with Crippen molar-refractivity contribution in [3.8, 4) is 0 Å². The molecule has 0 aromatic heterocycles. The van der Waals surface area contributed by atoms with Crippen LogP contribution in [-0.4, -0.2) is 30.9 Å². The molecule has 0 spiro atoms. The number of carbonyl (C=O) groups excluding carboxylic acids is 1. The molecule has 0 radical (unpaired) electrons. The predicted molar refractivity (Wildman–Crippen MR) is 44.3 cm³/mol. The maximum Gasteiger partial charge on any atom is 0.483 e. The zero-order valence-corrected chi connectivity index (χ0v) is 7.47. The van der Waals surface area contributed by atoms with Gasteiger partial charge in [-0.05, 0) is 13.0 Å². The molecule has 1 heterocycles. The van der Waals surface area contributed by atoms with E-state index in [1.165, 1.54) is 11.8 Å². The number of halogens is 3. The molecule has 1 aliphatic rings. The van der Waals surface area contributed by atoms with E-state index in [-0.39, 0.29) is 18.9 Å². The molecule has 13 heavy (non-hydrogen) atoms. The van der Waals surface area contributed by atoms with Crippen LogP contribution in [0.2, 0.25) is 5.82 Å². The van der Waals surface area contributed by atoms with Crippen LogP contribution >= 0.6 is 0 Å². The monoisotopic (exact) mass is 194 g/mol. The fourth-order valence-electron chi connectivity index (χ4n) is 1.60. The van der Waals surface area contributed by atoms with E-state index in [1.54, 1.807) is 0 Å². The molecule has 0 aromatic carbocycles. The average Bonchev–Trinajstić information content (AvgIpc) is 2.03. The maximum absolute atomic E-state index is 12.3. The summed E-state index contributed by atoms with van der Waals surface area (Å²) in [6.07, 6.45) is 0.638. The largest absolute Gasteiger partial charge is 0.483 e. The van der Waals surface area contributed by atoms with E-state index >= 15 is 0 Å². The maximum atomic E-state index is 12.3. The van der Waals surface area contributed by atoms with Gasteiger partial charge in [-0.25, -0.2) is 0 Å². The number of nitrogens with zero attached hydrogens (tertiary/aromatic N) is 1. The number of hydrogen-bond acceptors (Lipinski definition) is 1. The zero-order valence-electron chi connectivity index (χ0n) is 7.47. The molecule has 0 N–H and O–H groups in total. The molecular formula is C7H12BF3NO-. The molecule has 1 atom stereocenters. The summed E-state index contributed by atoms with van der Waals surface area (Å²) < 4.78 is 36.9. The highest BCUT2D eigenvalue weighted by Crippen LogP contribution is 2.34. The fraction of sp³-hybridized carbons (Fsp3) is 0.857. The number of amides is 1. The van der Waals surface area contributed by atoms with Crippen LogP contribution in [0.5, 0.6) is 0 Å². The second-order valence-electron chi connectivity index (χ2n) is 3.49. The normalized spacial score (nSPS) is 24.6. The topological polar surface area (TPSA) is 20.3 Å². The fourth-order valence-corrected chi connectivity index (χ4v) is 1.60. The first-order chi connectivity index (χ1) is 5.91. The van der Waals surface area contributed by atoms with Gasteiger partial charge in [0.2, 0.25) is 5.91 Å². The number of carbonyl (C=O) groups is 1. The molecule has 0 aliphatic carbocycles. The van der Waals surface area contributed by atoms with E-state index in [2.05, 4.69) is 0 Å². The van der Waals surface area contributed by atoms with Gasteiger partial charge in [-0.1, -0.05) is 12.2 Å². The van der Waals surface area contributed by atoms with E-state index in [0.29, 0.717) is 13.0 Å². The smallest absolute Gasteiger partial charge is 0.449 e. The second kappa shape index (κ2) is 3.60. The first-order valence-electron chi connectivity index (χ1n) is 4.36. The highest BCUT2D eigenvalue weighted by atomic mass is 19.4. The number of likely N-dealkylation sites (tertiary alicyclic amines) is 1. The van der Waals surface area contributed by atoms with E-state index in [1.807, 2.05) is 0 Å². The molecule has 1 unspecified atom stereocenters. The lowest BCUT2D eigenvalue weighted by Crippen LogP contribution is -2.42. The van der Waals surface area contributed by atoms with Crippen molar-refractivity contribution in [2.24, 2.45) is 0 Å². The van der Waals surface area contributed by atoms with Gasteiger partial charge in [0.1, 0.15) is 0 Å². The zero-order chi connectivity index (χ0) is 10.1. The van der Waals surface area contributed by atoms with E-state index < -0.39 is 12.8 Å². The minimum atomic E-state index is -4.78. The molecule has 1 saturated heterocycles. The molecule has 1 amide bonds. The summed E-state index contributed by atoms with van der Waals surface area (Å²) in [7, 11) is 0. The molecule has 1 fully saturated rings. The Morgan fingerprint density at radius 3 is 2.54 bits per heavy atom. The van der Waals surface area contributed by atoms with Crippen molar-refractivity contribution in [1.29, 1.82) is 0 Å². The van der Waals surface area contributed by atoms with Crippen LogP contribution in [0.3, 0.4) is 0 Å². The van der Waals surface area contributed by atoms with Gasteiger partial charge in [0.05, 0.1) is 0 Å². The van der Waals surface area contributed by atoms with Crippen LogP contribution < -0.4 is 0 Å². The summed E-state index contributed by atoms with van der Waals surface area (Å²) in [6.45, 7) is -3.14. The molecule has 0 aromatic rings. The Hall–Kier alpha value is -0.675. The van der Waals surface area contributed by atoms with Gasteiger partial charge in [0, 0.05) is 13.5 Å². The lowest BCUT2D eigenvalue weighted by Gasteiger charge is -2.37. The second-order valence-corrected chi connectivity index (χ2v) is 3.49. The van der Waals surface area contributed by atoms with Crippen molar-refractivity contribution < 1.29 is 17.7 Å². The van der Waals surface area contributed by atoms with Crippen LogP contribution in [0, 0.1) is 0 Å². The summed E-state index contributed by atoms with van der Waals surface area (Å²) in [6, 6.07) is 0. The number of hydrogen-bond donors (Lipinski definition) is 0. The van der Waals surface area contributed by atoms with Gasteiger partial charge in [-0.3, -0.25) is 4.79 Å². The van der Waals surface area contributed by atoms with Gasteiger partial charge in [0.25, 0.3) is 0 Å². The lowest BCUT2D eigenvalue weighted by atomic mass is 9.68. The summed E-state index contributed by atoms with van der Waals surface area (Å²) in [5, 5.41) is 0. The van der Waals surface area contributed by atoms with Gasteiger partial charge in [0.15, 0.2) is 0 Å². The first kappa shape index (κ1) is 10.4. The minimum absolute atomic E-state index is 0.140. The van der Waals surface area contributed by atoms with Gasteiger partial charge in [-0.15, -0.1) is 0 Å². The Morgan fingerprint density at radius 1 is 1.46 bits per heavy atom. The molecule has 0 saturated carbocycles. The molecule has 2 nitrogen and oxygen atoms in total. The van der Waals surface area contributed by atoms with Gasteiger partial charge < -0.3 is 17.8 Å². The highest BCUT2D eigenvalue weighted by Gasteiger charge is 2.37. The van der Waals surface area contributed by atoms with Crippen LogP contribution in [0.25, 0.3) is 0 Å². The number of rotatable bonds is 1. The Kier molecular flexibility index (Phi) is 2.88. The third kappa shape index (κ3) is 2.64. The van der Waals surface area contributed by atoms with Gasteiger partial charge >= 0.3 is 6.98 Å². The Balaban J connectivity index is 2.57. The Morgan fingerprint density at radius 2 is 2.08 bits per heavy atom. The van der Waals surface area contributed by atoms with Crippen molar-refractivity contribution in [1.82, 2.24) is 4.90 Å². The van der Waals surface area contributed by atoms with Crippen LogP contribution in [0.1, 0.15) is 19.8 Å². The van der Waals surface area contributed by atoms with Gasteiger partial charge in [-0.2, -0.15) is 0 Å². The summed E-state index contributed by atoms with van der Waals surface area (Å²) in [5.41, 5.74) is 0. The quantitative estimate of drug-likeness (QED) is 0.583. The SMILES string of the molecule is CC(=O)N1CCCC([B-](F)(F)F)C1. The van der Waals surface area contributed by atoms with Crippen molar-refractivity contribution >= 4 is 12.9 Å². The Labute approximate surface area is 75.1 Å². The van der Waals surface area contributed by atoms with E-state index in [4.69, 9.17) is 0 Å². The van der Waals surface area contributed by atoms with Crippen LogP contribution in [-0.2, 0) is 4.79 Å². The van der Waals surface area contributed by atoms with Crippen LogP contribution in [0.4, 0.5) is 12.9 Å². The van der Waals surface area contributed by atoms with Crippen molar-refractivity contribution in [3.63, 3.8) is 0 Å². The standard InChI is InChI=1S/C7H12BF3NO/c1-6(13)12-4-2-3-7(5-12)8(9,10)11/h7H,2-5H2,1H3/q-1. The molecular weight excluding hydrogens is 182 g/mol. The third-order valence-electron chi connectivity index (χ3n) is 2.44. The summed E-state index contributed by atoms with van der Waals surface area (Å²) in [4.78, 5) is 12.1. The molecule has 0 bridgehead atoms. The number of piperidine rings is 1. The van der Waals surface area contributed by atoms with Crippen molar-refractivity contribution in [2.45, 2.75) is 25.6 Å². The first-order valence-corrected chi connectivity index (χ1v) is 4.36. The van der Waals surface area contributed by atoms with Crippen molar-refractivity contribution in [3.05, 3.63) is 0 Å². The summed E-state index contributed by atoms with van der Waals surface area (Å²) in [5.74, 6) is -1.53. The Bertz CT molecular complexity index is 206. The minimum Gasteiger partial charge on any atom is -0.449 e. The molecule has 6 heteroatoms. The van der Waals surface area contributed by atoms with E-state index in [9.17, 15) is 17.7 Å². The predicted octanol–water partition coefficient (Wildman–Crippen LogP) is 1.85. The van der Waals surface area contributed by atoms with Crippen molar-refractivity contribution in [2.75, 3.05) is 13.1 Å². The summed E-state index contributed by atoms with van der Waals surface area (Å²) >= 11 is 0.